The van der Waals surface area contributed by atoms with Crippen LogP contribution in [0.1, 0.15) is 0 Å². The Morgan fingerprint density at radius 3 is 2.53 bits per heavy atom. The molecular formula is C13H13FN2O. The third kappa shape index (κ3) is 2.47. The number of benzene rings is 2. The highest BCUT2D eigenvalue weighted by molar-refractivity contribution is 5.67. The molecule has 17 heavy (non-hydrogen) atoms. The molecule has 0 saturated heterocycles. The van der Waals surface area contributed by atoms with Gasteiger partial charge in [0.2, 0.25) is 0 Å². The first-order valence-corrected chi connectivity index (χ1v) is 5.16. The fraction of sp³-hybridized carbons (Fsp3) is 0.0769. The number of methoxy groups -OCH3 is 1. The molecule has 2 rings (SSSR count). The van der Waals surface area contributed by atoms with Gasteiger partial charge in [-0.3, -0.25) is 0 Å². The first-order valence-electron chi connectivity index (χ1n) is 5.16. The lowest BCUT2D eigenvalue weighted by atomic mass is 10.2. The molecule has 0 aromatic heterocycles. The lowest BCUT2D eigenvalue weighted by Crippen LogP contribution is -1.98. The van der Waals surface area contributed by atoms with Gasteiger partial charge in [-0.05, 0) is 12.1 Å². The number of halogens is 1. The van der Waals surface area contributed by atoms with E-state index in [0.717, 1.165) is 5.69 Å². The van der Waals surface area contributed by atoms with Crippen LogP contribution < -0.4 is 15.8 Å². The predicted octanol–water partition coefficient (Wildman–Crippen LogP) is 3.16. The number of nitrogens with one attached hydrogen (secondary N) is 1. The van der Waals surface area contributed by atoms with Crippen LogP contribution in [-0.4, -0.2) is 7.11 Å². The van der Waals surface area contributed by atoms with Crippen molar-refractivity contribution in [1.29, 1.82) is 0 Å². The van der Waals surface area contributed by atoms with Crippen molar-refractivity contribution in [1.82, 2.24) is 0 Å². The summed E-state index contributed by atoms with van der Waals surface area (Å²) in [6, 6.07) is 12.1. The molecule has 4 heteroatoms. The summed E-state index contributed by atoms with van der Waals surface area (Å²) in [7, 11) is 1.50. The van der Waals surface area contributed by atoms with Gasteiger partial charge in [0.15, 0.2) is 0 Å². The SMILES string of the molecule is COc1cc(Nc2ccccc2)c(F)cc1N. The molecule has 3 nitrogen and oxygen atoms in total. The maximum atomic E-state index is 13.7. The summed E-state index contributed by atoms with van der Waals surface area (Å²) < 4.78 is 18.7. The van der Waals surface area contributed by atoms with Gasteiger partial charge in [0.1, 0.15) is 11.6 Å². The number of hydrogen-bond acceptors (Lipinski definition) is 3. The summed E-state index contributed by atoms with van der Waals surface area (Å²) >= 11 is 0. The monoisotopic (exact) mass is 232 g/mol. The normalized spacial score (nSPS) is 10.0. The molecule has 0 atom stereocenters. The minimum absolute atomic E-state index is 0.281. The van der Waals surface area contributed by atoms with Gasteiger partial charge in [-0.2, -0.15) is 0 Å². The van der Waals surface area contributed by atoms with Gasteiger partial charge in [-0.25, -0.2) is 4.39 Å². The van der Waals surface area contributed by atoms with Gasteiger partial charge in [0, 0.05) is 17.8 Å². The molecule has 0 saturated carbocycles. The van der Waals surface area contributed by atoms with Crippen LogP contribution in [0.5, 0.6) is 5.75 Å². The van der Waals surface area contributed by atoms with Crippen LogP contribution in [0.15, 0.2) is 42.5 Å². The molecule has 0 spiro atoms. The maximum Gasteiger partial charge on any atom is 0.148 e. The Labute approximate surface area is 99.0 Å². The molecule has 0 aliphatic heterocycles. The molecule has 0 aliphatic carbocycles. The fourth-order valence-electron chi connectivity index (χ4n) is 1.52. The van der Waals surface area contributed by atoms with Gasteiger partial charge in [-0.1, -0.05) is 18.2 Å². The average Bonchev–Trinajstić information content (AvgIpc) is 2.34. The van der Waals surface area contributed by atoms with Crippen molar-refractivity contribution >= 4 is 17.1 Å². The molecule has 88 valence electrons. The summed E-state index contributed by atoms with van der Waals surface area (Å²) in [6.45, 7) is 0. The lowest BCUT2D eigenvalue weighted by molar-refractivity contribution is 0.416. The summed E-state index contributed by atoms with van der Waals surface area (Å²) in [5, 5.41) is 2.96. The quantitative estimate of drug-likeness (QED) is 0.799. The van der Waals surface area contributed by atoms with Crippen molar-refractivity contribution in [2.75, 3.05) is 18.2 Å². The first-order chi connectivity index (χ1) is 8.20. The van der Waals surface area contributed by atoms with Crippen molar-refractivity contribution < 1.29 is 9.13 Å². The number of para-hydroxylation sites is 1. The second-order valence-corrected chi connectivity index (χ2v) is 3.57. The van der Waals surface area contributed by atoms with E-state index in [1.165, 1.54) is 19.2 Å². The van der Waals surface area contributed by atoms with Crippen molar-refractivity contribution in [2.24, 2.45) is 0 Å². The summed E-state index contributed by atoms with van der Waals surface area (Å²) in [6.07, 6.45) is 0. The Balaban J connectivity index is 2.33. The maximum absolute atomic E-state index is 13.7. The smallest absolute Gasteiger partial charge is 0.148 e. The number of anilines is 3. The van der Waals surface area contributed by atoms with Gasteiger partial charge in [0.05, 0.1) is 18.5 Å². The van der Waals surface area contributed by atoms with E-state index in [1.54, 1.807) is 0 Å². The second-order valence-electron chi connectivity index (χ2n) is 3.57. The van der Waals surface area contributed by atoms with Gasteiger partial charge in [-0.15, -0.1) is 0 Å². The Kier molecular flexibility index (Phi) is 3.14. The van der Waals surface area contributed by atoms with E-state index in [4.69, 9.17) is 10.5 Å². The molecule has 0 amide bonds. The minimum atomic E-state index is -0.410. The molecule has 0 unspecified atom stereocenters. The second kappa shape index (κ2) is 4.74. The van der Waals surface area contributed by atoms with Gasteiger partial charge >= 0.3 is 0 Å². The van der Waals surface area contributed by atoms with Crippen LogP contribution in [0.25, 0.3) is 0 Å². The number of nitrogen functional groups attached to an aromatic ring is 1. The number of ether oxygens (including phenoxy) is 1. The molecule has 0 bridgehead atoms. The van der Waals surface area contributed by atoms with Crippen molar-refractivity contribution in [3.8, 4) is 5.75 Å². The molecule has 0 fully saturated rings. The minimum Gasteiger partial charge on any atom is -0.495 e. The highest BCUT2D eigenvalue weighted by Crippen LogP contribution is 2.29. The topological polar surface area (TPSA) is 47.3 Å². The van der Waals surface area contributed by atoms with E-state index in [1.807, 2.05) is 30.3 Å². The Hall–Kier alpha value is -2.23. The molecule has 0 radical (unpaired) electrons. The lowest BCUT2D eigenvalue weighted by Gasteiger charge is -2.11. The van der Waals surface area contributed by atoms with Crippen LogP contribution >= 0.6 is 0 Å². The number of hydrogen-bond donors (Lipinski definition) is 2. The highest BCUT2D eigenvalue weighted by Gasteiger charge is 2.08. The van der Waals surface area contributed by atoms with E-state index in [2.05, 4.69) is 5.32 Å². The van der Waals surface area contributed by atoms with E-state index in [9.17, 15) is 4.39 Å². The molecular weight excluding hydrogens is 219 g/mol. The first kappa shape index (κ1) is 11.3. The summed E-state index contributed by atoms with van der Waals surface area (Å²) in [5.74, 6) is 0.0389. The van der Waals surface area contributed by atoms with E-state index in [0.29, 0.717) is 11.4 Å². The number of nitrogens with two attached hydrogens (primary N) is 1. The highest BCUT2D eigenvalue weighted by atomic mass is 19.1. The summed E-state index contributed by atoms with van der Waals surface area (Å²) in [5.41, 5.74) is 7.02. The Bertz CT molecular complexity index is 514. The van der Waals surface area contributed by atoms with Crippen LogP contribution in [0.2, 0.25) is 0 Å². The van der Waals surface area contributed by atoms with Crippen molar-refractivity contribution in [2.45, 2.75) is 0 Å². The van der Waals surface area contributed by atoms with Gasteiger partial charge in [0.25, 0.3) is 0 Å². The standard InChI is InChI=1S/C13H13FN2O/c1-17-13-8-12(10(14)7-11(13)15)16-9-5-3-2-4-6-9/h2-8,16H,15H2,1H3. The number of rotatable bonds is 3. The van der Waals surface area contributed by atoms with Gasteiger partial charge < -0.3 is 15.8 Å². The largest absolute Gasteiger partial charge is 0.495 e. The van der Waals surface area contributed by atoms with Crippen LogP contribution in [-0.2, 0) is 0 Å². The third-order valence-corrected chi connectivity index (χ3v) is 2.37. The fourth-order valence-corrected chi connectivity index (χ4v) is 1.52. The molecule has 3 N–H and O–H groups in total. The predicted molar refractivity (Wildman–Crippen MR) is 67.1 cm³/mol. The average molecular weight is 232 g/mol. The zero-order valence-electron chi connectivity index (χ0n) is 9.41. The molecule has 0 heterocycles. The van der Waals surface area contributed by atoms with Crippen LogP contribution in [0.4, 0.5) is 21.5 Å². The zero-order chi connectivity index (χ0) is 12.3. The van der Waals surface area contributed by atoms with Crippen molar-refractivity contribution in [3.05, 3.63) is 48.3 Å². The van der Waals surface area contributed by atoms with Crippen molar-refractivity contribution in [3.63, 3.8) is 0 Å². The third-order valence-electron chi connectivity index (χ3n) is 2.37. The Morgan fingerprint density at radius 1 is 1.18 bits per heavy atom. The molecule has 0 aliphatic rings. The Morgan fingerprint density at radius 2 is 1.88 bits per heavy atom. The van der Waals surface area contributed by atoms with E-state index >= 15 is 0 Å². The van der Waals surface area contributed by atoms with Crippen LogP contribution in [0.3, 0.4) is 0 Å². The molecule has 2 aromatic carbocycles. The summed E-state index contributed by atoms with van der Waals surface area (Å²) in [4.78, 5) is 0. The molecule has 2 aromatic rings. The van der Waals surface area contributed by atoms with E-state index < -0.39 is 5.82 Å². The van der Waals surface area contributed by atoms with Crippen LogP contribution in [0, 0.1) is 5.82 Å². The zero-order valence-corrected chi connectivity index (χ0v) is 9.41. The van der Waals surface area contributed by atoms with E-state index in [-0.39, 0.29) is 5.69 Å².